The molecule has 0 aliphatic heterocycles. The van der Waals surface area contributed by atoms with Crippen molar-refractivity contribution in [2.75, 3.05) is 0 Å². The summed E-state index contributed by atoms with van der Waals surface area (Å²) in [6, 6.07) is 5.66. The van der Waals surface area contributed by atoms with E-state index in [0.717, 1.165) is 0 Å². The summed E-state index contributed by atoms with van der Waals surface area (Å²) in [5.41, 5.74) is -6.82. The number of benzene rings is 1. The second-order valence-corrected chi connectivity index (χ2v) is 5.97. The monoisotopic (exact) mass is 302 g/mol. The van der Waals surface area contributed by atoms with E-state index in [1.807, 2.05) is 0 Å². The van der Waals surface area contributed by atoms with Crippen molar-refractivity contribution in [3.63, 3.8) is 0 Å². The molecule has 0 unspecified atom stereocenters. The molecule has 0 saturated carbocycles. The van der Waals surface area contributed by atoms with Crippen molar-refractivity contribution in [2.45, 2.75) is 25.0 Å². The first-order chi connectivity index (χ1) is 7.96. The van der Waals surface area contributed by atoms with Crippen LogP contribution in [0.1, 0.15) is 19.4 Å². The molecular weight excluding hydrogens is 293 g/mol. The first-order valence-electron chi connectivity index (χ1n) is 4.74. The molecule has 0 aliphatic rings. The van der Waals surface area contributed by atoms with E-state index in [1.165, 1.54) is 38.1 Å². The van der Waals surface area contributed by atoms with E-state index in [2.05, 4.69) is 4.18 Å². The maximum atomic E-state index is 12.2. The molecule has 0 fully saturated rings. The third-order valence-electron chi connectivity index (χ3n) is 2.14. The van der Waals surface area contributed by atoms with Gasteiger partial charge in [-0.05, 0) is 31.5 Å². The Morgan fingerprint density at radius 2 is 1.56 bits per heavy atom. The zero-order chi connectivity index (χ0) is 14.2. The molecule has 0 N–H and O–H groups in total. The third-order valence-corrected chi connectivity index (χ3v) is 3.60. The lowest BCUT2D eigenvalue weighted by atomic mass is 9.99. The second kappa shape index (κ2) is 4.71. The first kappa shape index (κ1) is 15.3. The Balaban J connectivity index is 3.06. The van der Waals surface area contributed by atoms with Gasteiger partial charge in [0.2, 0.25) is 0 Å². The van der Waals surface area contributed by atoms with Crippen LogP contribution in [0.3, 0.4) is 0 Å². The van der Waals surface area contributed by atoms with E-state index in [4.69, 9.17) is 11.6 Å². The average molecular weight is 303 g/mol. The zero-order valence-electron chi connectivity index (χ0n) is 9.45. The predicted molar refractivity (Wildman–Crippen MR) is 60.5 cm³/mol. The van der Waals surface area contributed by atoms with Crippen LogP contribution in [0, 0.1) is 0 Å². The topological polar surface area (TPSA) is 43.4 Å². The van der Waals surface area contributed by atoms with Gasteiger partial charge in [0.1, 0.15) is 5.60 Å². The minimum atomic E-state index is -5.65. The van der Waals surface area contributed by atoms with Crippen LogP contribution < -0.4 is 0 Å². The molecule has 1 aromatic carbocycles. The molecule has 0 bridgehead atoms. The molecule has 102 valence electrons. The Hall–Kier alpha value is -0.790. The number of alkyl halides is 3. The van der Waals surface area contributed by atoms with Crippen LogP contribution in [0.2, 0.25) is 5.02 Å². The van der Waals surface area contributed by atoms with Crippen molar-refractivity contribution in [1.82, 2.24) is 0 Å². The van der Waals surface area contributed by atoms with Gasteiger partial charge >= 0.3 is 15.6 Å². The standard InChI is InChI=1S/C10H10ClF3O3S/c1-9(2,7-3-5-8(11)6-4-7)17-18(15,16)10(12,13)14/h3-6H,1-2H3. The molecule has 3 nitrogen and oxygen atoms in total. The van der Waals surface area contributed by atoms with Crippen LogP contribution in [0.5, 0.6) is 0 Å². The highest BCUT2D eigenvalue weighted by Crippen LogP contribution is 2.34. The highest BCUT2D eigenvalue weighted by atomic mass is 35.5. The molecule has 18 heavy (non-hydrogen) atoms. The summed E-state index contributed by atoms with van der Waals surface area (Å²) in [6.07, 6.45) is 0. The summed E-state index contributed by atoms with van der Waals surface area (Å²) in [4.78, 5) is 0. The first-order valence-corrected chi connectivity index (χ1v) is 6.52. The molecule has 1 aromatic rings. The SMILES string of the molecule is CC(C)(OS(=O)(=O)C(F)(F)F)c1ccc(Cl)cc1. The summed E-state index contributed by atoms with van der Waals surface area (Å²) in [5, 5.41) is 0.383. The summed E-state index contributed by atoms with van der Waals surface area (Å²) in [7, 11) is -5.65. The molecule has 0 heterocycles. The Morgan fingerprint density at radius 1 is 1.11 bits per heavy atom. The Labute approximate surface area is 108 Å². The van der Waals surface area contributed by atoms with Gasteiger partial charge in [-0.3, -0.25) is 4.18 Å². The van der Waals surface area contributed by atoms with Crippen LogP contribution in [0.25, 0.3) is 0 Å². The maximum Gasteiger partial charge on any atom is 0.523 e. The highest BCUT2D eigenvalue weighted by molar-refractivity contribution is 7.87. The van der Waals surface area contributed by atoms with Crippen molar-refractivity contribution in [1.29, 1.82) is 0 Å². The molecule has 8 heteroatoms. The van der Waals surface area contributed by atoms with Crippen molar-refractivity contribution in [3.8, 4) is 0 Å². The average Bonchev–Trinajstić information content (AvgIpc) is 2.14. The summed E-state index contributed by atoms with van der Waals surface area (Å²) < 4.78 is 62.7. The summed E-state index contributed by atoms with van der Waals surface area (Å²) in [6.45, 7) is 2.44. The van der Waals surface area contributed by atoms with Crippen molar-refractivity contribution in [3.05, 3.63) is 34.9 Å². The van der Waals surface area contributed by atoms with Gasteiger partial charge < -0.3 is 0 Å². The molecule has 0 radical (unpaired) electrons. The number of rotatable bonds is 3. The van der Waals surface area contributed by atoms with Crippen LogP contribution in [0.4, 0.5) is 13.2 Å². The van der Waals surface area contributed by atoms with Gasteiger partial charge in [-0.1, -0.05) is 23.7 Å². The summed E-state index contributed by atoms with van der Waals surface area (Å²) in [5.74, 6) is 0. The van der Waals surface area contributed by atoms with E-state index < -0.39 is 21.2 Å². The van der Waals surface area contributed by atoms with Gasteiger partial charge in [0.05, 0.1) is 0 Å². The Bertz CT molecular complexity index is 520. The lowest BCUT2D eigenvalue weighted by Crippen LogP contribution is -2.33. The molecule has 0 amide bonds. The van der Waals surface area contributed by atoms with Gasteiger partial charge in [0.25, 0.3) is 0 Å². The molecule has 0 aromatic heterocycles. The second-order valence-electron chi connectivity index (χ2n) is 4.00. The van der Waals surface area contributed by atoms with E-state index in [-0.39, 0.29) is 5.56 Å². The number of hydrogen-bond donors (Lipinski definition) is 0. The molecule has 1 rings (SSSR count). The largest absolute Gasteiger partial charge is 0.523 e. The lowest BCUT2D eigenvalue weighted by molar-refractivity contribution is -0.0631. The fourth-order valence-corrected chi connectivity index (χ4v) is 2.09. The lowest BCUT2D eigenvalue weighted by Gasteiger charge is -2.25. The van der Waals surface area contributed by atoms with Crippen LogP contribution in [-0.2, 0) is 19.9 Å². The van der Waals surface area contributed by atoms with E-state index in [1.54, 1.807) is 0 Å². The highest BCUT2D eigenvalue weighted by Gasteiger charge is 2.50. The maximum absolute atomic E-state index is 12.2. The molecule has 0 aliphatic carbocycles. The van der Waals surface area contributed by atoms with Gasteiger partial charge in [-0.2, -0.15) is 21.6 Å². The van der Waals surface area contributed by atoms with Crippen LogP contribution >= 0.6 is 11.6 Å². The van der Waals surface area contributed by atoms with E-state index in [9.17, 15) is 21.6 Å². The van der Waals surface area contributed by atoms with Gasteiger partial charge in [-0.15, -0.1) is 0 Å². The van der Waals surface area contributed by atoms with E-state index in [0.29, 0.717) is 5.02 Å². The van der Waals surface area contributed by atoms with Crippen molar-refractivity contribution >= 4 is 21.7 Å². The quantitative estimate of drug-likeness (QED) is 0.634. The fraction of sp³-hybridized carbons (Fsp3) is 0.400. The molecular formula is C10H10ClF3O3S. The van der Waals surface area contributed by atoms with Crippen molar-refractivity contribution in [2.24, 2.45) is 0 Å². The van der Waals surface area contributed by atoms with E-state index >= 15 is 0 Å². The third kappa shape index (κ3) is 3.37. The van der Waals surface area contributed by atoms with Crippen molar-refractivity contribution < 1.29 is 25.8 Å². The Morgan fingerprint density at radius 3 is 1.94 bits per heavy atom. The van der Waals surface area contributed by atoms with Crippen LogP contribution in [0.15, 0.2) is 24.3 Å². The smallest absolute Gasteiger partial charge is 0.252 e. The summed E-state index contributed by atoms with van der Waals surface area (Å²) >= 11 is 5.63. The molecule has 0 atom stereocenters. The molecule has 0 spiro atoms. The number of hydrogen-bond acceptors (Lipinski definition) is 3. The fourth-order valence-electron chi connectivity index (χ4n) is 1.22. The minimum absolute atomic E-state index is 0.264. The predicted octanol–water partition coefficient (Wildman–Crippen LogP) is 3.44. The normalized spacial score (nSPS) is 13.7. The zero-order valence-corrected chi connectivity index (χ0v) is 11.0. The minimum Gasteiger partial charge on any atom is -0.252 e. The van der Waals surface area contributed by atoms with Gasteiger partial charge in [0.15, 0.2) is 0 Å². The number of halogens is 4. The van der Waals surface area contributed by atoms with Gasteiger partial charge in [-0.25, -0.2) is 0 Å². The Kier molecular flexibility index (Phi) is 4.00. The molecule has 0 saturated heterocycles. The van der Waals surface area contributed by atoms with Gasteiger partial charge in [0, 0.05) is 5.02 Å². The van der Waals surface area contributed by atoms with Crippen LogP contribution in [-0.4, -0.2) is 13.9 Å².